The maximum Gasteiger partial charge on any atom is 0.417 e. The fraction of sp³-hybridized carbons (Fsp3) is 0.400. The van der Waals surface area contributed by atoms with E-state index in [4.69, 9.17) is 5.73 Å². The number of halogens is 3. The van der Waals surface area contributed by atoms with Gasteiger partial charge in [-0.3, -0.25) is 5.10 Å². The first-order chi connectivity index (χ1) is 10.5. The topological polar surface area (TPSA) is 57.9 Å². The van der Waals surface area contributed by atoms with Crippen molar-refractivity contribution in [1.29, 1.82) is 0 Å². The van der Waals surface area contributed by atoms with Crippen LogP contribution in [0.5, 0.6) is 0 Å². The van der Waals surface area contributed by atoms with Crippen molar-refractivity contribution in [1.82, 2.24) is 10.2 Å². The molecule has 0 unspecified atom stereocenters. The molecule has 1 aromatic carbocycles. The van der Waals surface area contributed by atoms with E-state index >= 15 is 0 Å². The Labute approximate surface area is 126 Å². The SMILES string of the molecule is NC1CCN(c2cn[nH]c2-c2ccccc2C(F)(F)F)CC1. The molecule has 1 aliphatic heterocycles. The predicted octanol–water partition coefficient (Wildman–Crippen LogP) is 3.02. The molecule has 0 atom stereocenters. The summed E-state index contributed by atoms with van der Waals surface area (Å²) in [5.74, 6) is 0. The zero-order valence-corrected chi connectivity index (χ0v) is 11.9. The van der Waals surface area contributed by atoms with Crippen molar-refractivity contribution in [3.63, 3.8) is 0 Å². The summed E-state index contributed by atoms with van der Waals surface area (Å²) >= 11 is 0. The first-order valence-electron chi connectivity index (χ1n) is 7.17. The number of aromatic amines is 1. The quantitative estimate of drug-likeness (QED) is 0.896. The molecule has 0 amide bonds. The second-order valence-corrected chi connectivity index (χ2v) is 5.50. The molecule has 7 heteroatoms. The summed E-state index contributed by atoms with van der Waals surface area (Å²) < 4.78 is 39.6. The van der Waals surface area contributed by atoms with Gasteiger partial charge in [-0.1, -0.05) is 18.2 Å². The minimum absolute atomic E-state index is 0.123. The largest absolute Gasteiger partial charge is 0.417 e. The molecule has 22 heavy (non-hydrogen) atoms. The lowest BCUT2D eigenvalue weighted by atomic mass is 10.0. The Hall–Kier alpha value is -2.02. The lowest BCUT2D eigenvalue weighted by molar-refractivity contribution is -0.137. The average Bonchev–Trinajstić information content (AvgIpc) is 2.96. The van der Waals surface area contributed by atoms with Gasteiger partial charge in [0.2, 0.25) is 0 Å². The normalized spacial score (nSPS) is 17.0. The Kier molecular flexibility index (Phi) is 3.82. The van der Waals surface area contributed by atoms with Crippen molar-refractivity contribution in [3.8, 4) is 11.3 Å². The molecular weight excluding hydrogens is 293 g/mol. The van der Waals surface area contributed by atoms with E-state index in [1.807, 2.05) is 4.90 Å². The third kappa shape index (κ3) is 2.81. The number of piperidine rings is 1. The Morgan fingerprint density at radius 2 is 1.86 bits per heavy atom. The number of anilines is 1. The number of H-pyrrole nitrogens is 1. The summed E-state index contributed by atoms with van der Waals surface area (Å²) in [5.41, 5.74) is 6.45. The fourth-order valence-corrected chi connectivity index (χ4v) is 2.81. The summed E-state index contributed by atoms with van der Waals surface area (Å²) in [5, 5.41) is 6.67. The minimum Gasteiger partial charge on any atom is -0.368 e. The summed E-state index contributed by atoms with van der Waals surface area (Å²) in [7, 11) is 0. The van der Waals surface area contributed by atoms with Gasteiger partial charge in [0, 0.05) is 24.7 Å². The number of rotatable bonds is 2. The van der Waals surface area contributed by atoms with Crippen LogP contribution in [0.15, 0.2) is 30.5 Å². The van der Waals surface area contributed by atoms with Crippen LogP contribution in [0.1, 0.15) is 18.4 Å². The maximum atomic E-state index is 13.2. The number of nitrogens with two attached hydrogens (primary N) is 1. The third-order valence-electron chi connectivity index (χ3n) is 4.00. The fourth-order valence-electron chi connectivity index (χ4n) is 2.81. The molecule has 0 saturated carbocycles. The Morgan fingerprint density at radius 3 is 2.55 bits per heavy atom. The van der Waals surface area contributed by atoms with Gasteiger partial charge in [-0.15, -0.1) is 0 Å². The molecule has 3 N–H and O–H groups in total. The zero-order chi connectivity index (χ0) is 15.7. The third-order valence-corrected chi connectivity index (χ3v) is 4.00. The van der Waals surface area contributed by atoms with Crippen LogP contribution in [0.3, 0.4) is 0 Å². The van der Waals surface area contributed by atoms with Crippen molar-refractivity contribution in [2.75, 3.05) is 18.0 Å². The van der Waals surface area contributed by atoms with Crippen LogP contribution in [0, 0.1) is 0 Å². The molecule has 0 aliphatic carbocycles. The van der Waals surface area contributed by atoms with E-state index in [-0.39, 0.29) is 11.6 Å². The van der Waals surface area contributed by atoms with Gasteiger partial charge in [0.05, 0.1) is 23.1 Å². The van der Waals surface area contributed by atoms with Crippen LogP contribution in [0.2, 0.25) is 0 Å². The minimum atomic E-state index is -4.40. The average molecular weight is 310 g/mol. The van der Waals surface area contributed by atoms with E-state index in [1.165, 1.54) is 12.1 Å². The molecule has 118 valence electrons. The highest BCUT2D eigenvalue weighted by Gasteiger charge is 2.34. The van der Waals surface area contributed by atoms with E-state index in [2.05, 4.69) is 10.2 Å². The van der Waals surface area contributed by atoms with Crippen molar-refractivity contribution >= 4 is 5.69 Å². The molecule has 2 aromatic rings. The molecule has 0 bridgehead atoms. The molecule has 3 rings (SSSR count). The molecule has 1 aliphatic rings. The summed E-state index contributed by atoms with van der Waals surface area (Å²) in [4.78, 5) is 2.04. The summed E-state index contributed by atoms with van der Waals surface area (Å²) in [6.45, 7) is 1.45. The van der Waals surface area contributed by atoms with Crippen LogP contribution >= 0.6 is 0 Å². The molecule has 0 spiro atoms. The van der Waals surface area contributed by atoms with Crippen LogP contribution in [-0.4, -0.2) is 29.3 Å². The lowest BCUT2D eigenvalue weighted by Crippen LogP contribution is -2.39. The zero-order valence-electron chi connectivity index (χ0n) is 11.9. The highest BCUT2D eigenvalue weighted by atomic mass is 19.4. The standard InChI is InChI=1S/C15H17F3N4/c16-15(17,18)12-4-2-1-3-11(12)14-13(9-20-21-14)22-7-5-10(19)6-8-22/h1-4,9-10H,5-8,19H2,(H,20,21). The van der Waals surface area contributed by atoms with E-state index in [9.17, 15) is 13.2 Å². The first kappa shape index (κ1) is 14.9. The monoisotopic (exact) mass is 310 g/mol. The highest BCUT2D eigenvalue weighted by molar-refractivity contribution is 5.77. The number of aromatic nitrogens is 2. The summed E-state index contributed by atoms with van der Waals surface area (Å²) in [6, 6.07) is 5.71. The van der Waals surface area contributed by atoms with Gasteiger partial charge in [0.1, 0.15) is 0 Å². The second-order valence-electron chi connectivity index (χ2n) is 5.50. The number of nitrogens with zero attached hydrogens (tertiary/aromatic N) is 2. The van der Waals surface area contributed by atoms with Crippen LogP contribution in [0.25, 0.3) is 11.3 Å². The maximum absolute atomic E-state index is 13.2. The smallest absolute Gasteiger partial charge is 0.368 e. The van der Waals surface area contributed by atoms with Gasteiger partial charge in [0.15, 0.2) is 0 Å². The van der Waals surface area contributed by atoms with Gasteiger partial charge in [-0.25, -0.2) is 0 Å². The number of alkyl halides is 3. The molecule has 1 aromatic heterocycles. The molecule has 4 nitrogen and oxygen atoms in total. The Morgan fingerprint density at radius 1 is 1.18 bits per heavy atom. The number of hydrogen-bond acceptors (Lipinski definition) is 3. The van der Waals surface area contributed by atoms with Crippen LogP contribution in [-0.2, 0) is 6.18 Å². The van der Waals surface area contributed by atoms with E-state index < -0.39 is 11.7 Å². The van der Waals surface area contributed by atoms with Gasteiger partial charge < -0.3 is 10.6 Å². The second kappa shape index (κ2) is 5.64. The molecular formula is C15H17F3N4. The predicted molar refractivity (Wildman–Crippen MR) is 78.4 cm³/mol. The Bertz CT molecular complexity index is 642. The Balaban J connectivity index is 1.99. The number of hydrogen-bond donors (Lipinski definition) is 2. The number of nitrogens with one attached hydrogen (secondary N) is 1. The number of benzene rings is 1. The molecule has 1 fully saturated rings. The van der Waals surface area contributed by atoms with Gasteiger partial charge in [-0.2, -0.15) is 18.3 Å². The molecule has 1 saturated heterocycles. The van der Waals surface area contributed by atoms with E-state index in [1.54, 1.807) is 12.3 Å². The van der Waals surface area contributed by atoms with Gasteiger partial charge in [-0.05, 0) is 18.9 Å². The van der Waals surface area contributed by atoms with Crippen LogP contribution < -0.4 is 10.6 Å². The first-order valence-corrected chi connectivity index (χ1v) is 7.17. The lowest BCUT2D eigenvalue weighted by Gasteiger charge is -2.31. The van der Waals surface area contributed by atoms with E-state index in [0.29, 0.717) is 11.4 Å². The van der Waals surface area contributed by atoms with Crippen LogP contribution in [0.4, 0.5) is 18.9 Å². The molecule has 2 heterocycles. The van der Waals surface area contributed by atoms with Crippen molar-refractivity contribution in [3.05, 3.63) is 36.0 Å². The van der Waals surface area contributed by atoms with Crippen molar-refractivity contribution in [2.24, 2.45) is 5.73 Å². The van der Waals surface area contributed by atoms with Gasteiger partial charge in [0.25, 0.3) is 0 Å². The van der Waals surface area contributed by atoms with E-state index in [0.717, 1.165) is 32.0 Å². The molecule has 0 radical (unpaired) electrons. The van der Waals surface area contributed by atoms with Crippen molar-refractivity contribution in [2.45, 2.75) is 25.1 Å². The highest BCUT2D eigenvalue weighted by Crippen LogP contribution is 2.39. The van der Waals surface area contributed by atoms with Gasteiger partial charge >= 0.3 is 6.18 Å². The van der Waals surface area contributed by atoms with Crippen molar-refractivity contribution < 1.29 is 13.2 Å². The summed E-state index contributed by atoms with van der Waals surface area (Å²) in [6.07, 6.45) is -1.17.